The summed E-state index contributed by atoms with van der Waals surface area (Å²) in [4.78, 5) is 17.3. The summed E-state index contributed by atoms with van der Waals surface area (Å²) in [6.45, 7) is 7.37. The van der Waals surface area contributed by atoms with Crippen LogP contribution in [0.25, 0.3) is 0 Å². The number of benzene rings is 2. The van der Waals surface area contributed by atoms with Gasteiger partial charge in [-0.25, -0.2) is 4.99 Å². The first kappa shape index (κ1) is 20.3. The van der Waals surface area contributed by atoms with Crippen LogP contribution in [0.1, 0.15) is 40.5 Å². The van der Waals surface area contributed by atoms with E-state index in [0.29, 0.717) is 18.1 Å². The SMILES string of the molecule is CCCn1cc(CN=C(NC(=O)c2cccc(C)c2)Nc2ccccc2)c(C)n1. The van der Waals surface area contributed by atoms with Crippen molar-refractivity contribution in [1.82, 2.24) is 15.1 Å². The number of carbonyl (C=O) groups excluding carboxylic acids is 1. The number of aliphatic imine (C=N–C) groups is 1. The van der Waals surface area contributed by atoms with Crippen molar-refractivity contribution >= 4 is 17.6 Å². The minimum atomic E-state index is -0.200. The van der Waals surface area contributed by atoms with Gasteiger partial charge in [0.15, 0.2) is 0 Å². The number of anilines is 1. The highest BCUT2D eigenvalue weighted by Gasteiger charge is 2.11. The molecule has 2 N–H and O–H groups in total. The van der Waals surface area contributed by atoms with Crippen molar-refractivity contribution in [2.75, 3.05) is 5.32 Å². The van der Waals surface area contributed by atoms with Crippen LogP contribution in [-0.4, -0.2) is 21.6 Å². The molecule has 1 amide bonds. The Morgan fingerprint density at radius 3 is 2.62 bits per heavy atom. The third-order valence-electron chi connectivity index (χ3n) is 4.46. The molecule has 0 bridgehead atoms. The van der Waals surface area contributed by atoms with Gasteiger partial charge in [-0.15, -0.1) is 0 Å². The summed E-state index contributed by atoms with van der Waals surface area (Å²) in [5.74, 6) is 0.208. The molecule has 3 rings (SSSR count). The maximum atomic E-state index is 12.7. The Morgan fingerprint density at radius 1 is 1.10 bits per heavy atom. The maximum absolute atomic E-state index is 12.7. The van der Waals surface area contributed by atoms with Crippen LogP contribution in [0.2, 0.25) is 0 Å². The summed E-state index contributed by atoms with van der Waals surface area (Å²) in [6.07, 6.45) is 3.04. The normalized spacial score (nSPS) is 11.3. The van der Waals surface area contributed by atoms with Gasteiger partial charge in [-0.2, -0.15) is 5.10 Å². The number of nitrogens with zero attached hydrogens (tertiary/aromatic N) is 3. The van der Waals surface area contributed by atoms with Gasteiger partial charge in [0.25, 0.3) is 5.91 Å². The topological polar surface area (TPSA) is 71.3 Å². The number of para-hydroxylation sites is 1. The lowest BCUT2D eigenvalue weighted by molar-refractivity contribution is 0.0977. The fourth-order valence-electron chi connectivity index (χ4n) is 2.96. The molecule has 0 saturated carbocycles. The molecule has 0 radical (unpaired) electrons. The molecule has 0 aliphatic rings. The van der Waals surface area contributed by atoms with Crippen molar-refractivity contribution < 1.29 is 4.79 Å². The summed E-state index contributed by atoms with van der Waals surface area (Å²) in [5.41, 5.74) is 4.47. The fourth-order valence-corrected chi connectivity index (χ4v) is 2.96. The third kappa shape index (κ3) is 5.78. The largest absolute Gasteiger partial charge is 0.326 e. The highest BCUT2D eigenvalue weighted by atomic mass is 16.1. The standard InChI is InChI=1S/C23H27N5O/c1-4-13-28-16-20(18(3)27-28)15-24-23(25-21-11-6-5-7-12-21)26-22(29)19-10-8-9-17(2)14-19/h5-12,14,16H,4,13,15H2,1-3H3,(H2,24,25,26,29). The van der Waals surface area contributed by atoms with E-state index < -0.39 is 0 Å². The first-order chi connectivity index (χ1) is 14.0. The molecule has 0 fully saturated rings. The lowest BCUT2D eigenvalue weighted by Crippen LogP contribution is -2.36. The zero-order valence-electron chi connectivity index (χ0n) is 17.1. The van der Waals surface area contributed by atoms with Gasteiger partial charge in [0, 0.05) is 29.6 Å². The highest BCUT2D eigenvalue weighted by molar-refractivity contribution is 6.10. The van der Waals surface area contributed by atoms with Gasteiger partial charge in [-0.1, -0.05) is 42.8 Å². The molecule has 0 spiro atoms. The average Bonchev–Trinajstić information content (AvgIpc) is 3.06. The second kappa shape index (κ2) is 9.68. The number of hydrogen-bond donors (Lipinski definition) is 2. The molecule has 2 aromatic carbocycles. The van der Waals surface area contributed by atoms with Crippen molar-refractivity contribution in [2.24, 2.45) is 4.99 Å². The van der Waals surface area contributed by atoms with Crippen molar-refractivity contribution in [3.05, 3.63) is 83.2 Å². The summed E-state index contributed by atoms with van der Waals surface area (Å²) in [5, 5.41) is 10.6. The van der Waals surface area contributed by atoms with Crippen LogP contribution < -0.4 is 10.6 Å². The Morgan fingerprint density at radius 2 is 1.90 bits per heavy atom. The van der Waals surface area contributed by atoms with Gasteiger partial charge in [-0.05, 0) is 44.5 Å². The minimum Gasteiger partial charge on any atom is -0.326 e. The van der Waals surface area contributed by atoms with E-state index in [1.54, 1.807) is 6.07 Å². The molecule has 0 unspecified atom stereocenters. The molecule has 150 valence electrons. The van der Waals surface area contributed by atoms with E-state index in [1.807, 2.05) is 73.3 Å². The number of rotatable bonds is 6. The van der Waals surface area contributed by atoms with Gasteiger partial charge >= 0.3 is 0 Å². The average molecular weight is 390 g/mol. The van der Waals surface area contributed by atoms with E-state index in [-0.39, 0.29) is 5.91 Å². The molecule has 0 atom stereocenters. The summed E-state index contributed by atoms with van der Waals surface area (Å²) < 4.78 is 1.94. The lowest BCUT2D eigenvalue weighted by Gasteiger charge is -2.12. The number of nitrogens with one attached hydrogen (secondary N) is 2. The molecule has 3 aromatic rings. The smallest absolute Gasteiger partial charge is 0.257 e. The monoisotopic (exact) mass is 389 g/mol. The maximum Gasteiger partial charge on any atom is 0.257 e. The summed E-state index contributed by atoms with van der Waals surface area (Å²) >= 11 is 0. The second-order valence-electron chi connectivity index (χ2n) is 6.98. The first-order valence-electron chi connectivity index (χ1n) is 9.82. The quantitative estimate of drug-likeness (QED) is 0.487. The Labute approximate surface area is 171 Å². The van der Waals surface area contributed by atoms with Crippen molar-refractivity contribution in [3.63, 3.8) is 0 Å². The first-order valence-corrected chi connectivity index (χ1v) is 9.82. The van der Waals surface area contributed by atoms with E-state index >= 15 is 0 Å². The van der Waals surface area contributed by atoms with Crippen LogP contribution in [0.15, 0.2) is 65.8 Å². The van der Waals surface area contributed by atoms with E-state index in [9.17, 15) is 4.79 Å². The van der Waals surface area contributed by atoms with Gasteiger partial charge in [0.2, 0.25) is 5.96 Å². The number of aromatic nitrogens is 2. The van der Waals surface area contributed by atoms with Crippen LogP contribution in [0.4, 0.5) is 5.69 Å². The van der Waals surface area contributed by atoms with E-state index in [2.05, 4.69) is 27.6 Å². The van der Waals surface area contributed by atoms with E-state index in [0.717, 1.165) is 35.5 Å². The van der Waals surface area contributed by atoms with Crippen LogP contribution in [0.5, 0.6) is 0 Å². The minimum absolute atomic E-state index is 0.200. The molecular formula is C23H27N5O. The van der Waals surface area contributed by atoms with Crippen molar-refractivity contribution in [3.8, 4) is 0 Å². The van der Waals surface area contributed by atoms with Crippen LogP contribution >= 0.6 is 0 Å². The number of aryl methyl sites for hydroxylation is 3. The second-order valence-corrected chi connectivity index (χ2v) is 6.98. The van der Waals surface area contributed by atoms with E-state index in [4.69, 9.17) is 0 Å². The Hall–Kier alpha value is -3.41. The fraction of sp³-hybridized carbons (Fsp3) is 0.261. The number of guanidine groups is 1. The Kier molecular flexibility index (Phi) is 6.79. The van der Waals surface area contributed by atoms with Gasteiger partial charge in [0.1, 0.15) is 0 Å². The number of amides is 1. The molecule has 0 saturated heterocycles. The summed E-state index contributed by atoms with van der Waals surface area (Å²) in [7, 11) is 0. The zero-order chi connectivity index (χ0) is 20.6. The Balaban J connectivity index is 1.80. The predicted molar refractivity (Wildman–Crippen MR) is 117 cm³/mol. The molecule has 6 heteroatoms. The molecule has 1 heterocycles. The molecule has 29 heavy (non-hydrogen) atoms. The van der Waals surface area contributed by atoms with Crippen LogP contribution in [0, 0.1) is 13.8 Å². The molecule has 0 aliphatic heterocycles. The highest BCUT2D eigenvalue weighted by Crippen LogP contribution is 2.10. The van der Waals surface area contributed by atoms with Gasteiger partial charge < -0.3 is 5.32 Å². The van der Waals surface area contributed by atoms with Gasteiger partial charge in [0.05, 0.1) is 12.2 Å². The van der Waals surface area contributed by atoms with Crippen LogP contribution in [0.3, 0.4) is 0 Å². The Bertz CT molecular complexity index is 992. The summed E-state index contributed by atoms with van der Waals surface area (Å²) in [6, 6.07) is 17.1. The predicted octanol–water partition coefficient (Wildman–Crippen LogP) is 4.31. The van der Waals surface area contributed by atoms with Crippen molar-refractivity contribution in [1.29, 1.82) is 0 Å². The molecular weight excluding hydrogens is 362 g/mol. The zero-order valence-corrected chi connectivity index (χ0v) is 17.1. The molecule has 6 nitrogen and oxygen atoms in total. The van der Waals surface area contributed by atoms with Crippen molar-refractivity contribution in [2.45, 2.75) is 40.3 Å². The molecule has 0 aliphatic carbocycles. The third-order valence-corrected chi connectivity index (χ3v) is 4.46. The number of hydrogen-bond acceptors (Lipinski definition) is 3. The van der Waals surface area contributed by atoms with E-state index in [1.165, 1.54) is 0 Å². The lowest BCUT2D eigenvalue weighted by atomic mass is 10.1. The number of carbonyl (C=O) groups is 1. The molecule has 1 aromatic heterocycles. The van der Waals surface area contributed by atoms with Crippen LogP contribution in [-0.2, 0) is 13.1 Å². The van der Waals surface area contributed by atoms with Gasteiger partial charge in [-0.3, -0.25) is 14.8 Å².